The Bertz CT molecular complexity index is 841. The summed E-state index contributed by atoms with van der Waals surface area (Å²) in [7, 11) is 3.21. The van der Waals surface area contributed by atoms with Gasteiger partial charge in [0.1, 0.15) is 0 Å². The van der Waals surface area contributed by atoms with Gasteiger partial charge < -0.3 is 20.1 Å². The smallest absolute Gasteiger partial charge is 0.269 e. The van der Waals surface area contributed by atoms with Crippen LogP contribution in [-0.4, -0.2) is 31.6 Å². The topological polar surface area (TPSA) is 98.0 Å². The summed E-state index contributed by atoms with van der Waals surface area (Å²) < 4.78 is 10.6. The summed E-state index contributed by atoms with van der Waals surface area (Å²) >= 11 is 0. The maximum Gasteiger partial charge on any atom is 0.269 e. The second-order valence-corrected chi connectivity index (χ2v) is 6.91. The standard InChI is InChI=1S/C21H28N4O4.HI/c1-15(2)12-22-21(23-13-16-5-8-18(9-6-16)25(26)27)24-14-17-7-10-19(28-3)20(11-17)29-4;/h5-11,15H,12-14H2,1-4H3,(H2,22,23,24);1H. The lowest BCUT2D eigenvalue weighted by Crippen LogP contribution is -2.38. The molecule has 0 spiro atoms. The summed E-state index contributed by atoms with van der Waals surface area (Å²) in [5, 5.41) is 17.4. The van der Waals surface area contributed by atoms with Crippen molar-refractivity contribution in [3.05, 3.63) is 63.7 Å². The highest BCUT2D eigenvalue weighted by Gasteiger charge is 2.07. The first kappa shape index (κ1) is 25.5. The third kappa shape index (κ3) is 8.05. The number of methoxy groups -OCH3 is 2. The average Bonchev–Trinajstić information content (AvgIpc) is 2.73. The Morgan fingerprint density at radius 1 is 1.03 bits per heavy atom. The van der Waals surface area contributed by atoms with Crippen LogP contribution in [0.2, 0.25) is 0 Å². The van der Waals surface area contributed by atoms with Gasteiger partial charge in [0, 0.05) is 25.2 Å². The zero-order chi connectivity index (χ0) is 21.2. The van der Waals surface area contributed by atoms with Gasteiger partial charge in [0.25, 0.3) is 5.69 Å². The van der Waals surface area contributed by atoms with E-state index in [1.165, 1.54) is 12.1 Å². The summed E-state index contributed by atoms with van der Waals surface area (Å²) in [5.74, 6) is 2.47. The van der Waals surface area contributed by atoms with Crippen LogP contribution >= 0.6 is 24.0 Å². The number of nitrogens with zero attached hydrogens (tertiary/aromatic N) is 2. The lowest BCUT2D eigenvalue weighted by Gasteiger charge is -2.15. The summed E-state index contributed by atoms with van der Waals surface area (Å²) in [6, 6.07) is 12.2. The quantitative estimate of drug-likeness (QED) is 0.167. The lowest BCUT2D eigenvalue weighted by molar-refractivity contribution is -0.384. The fourth-order valence-electron chi connectivity index (χ4n) is 2.55. The first-order chi connectivity index (χ1) is 13.9. The van der Waals surface area contributed by atoms with Crippen molar-refractivity contribution in [1.29, 1.82) is 0 Å². The molecule has 0 saturated carbocycles. The van der Waals surface area contributed by atoms with Crippen molar-refractivity contribution >= 4 is 35.6 Å². The highest BCUT2D eigenvalue weighted by Crippen LogP contribution is 2.27. The predicted octanol–water partition coefficient (Wildman–Crippen LogP) is 4.12. The van der Waals surface area contributed by atoms with Crippen LogP contribution in [0, 0.1) is 16.0 Å². The Morgan fingerprint density at radius 2 is 1.67 bits per heavy atom. The second kappa shape index (κ2) is 12.9. The number of nitro groups is 1. The number of ether oxygens (including phenoxy) is 2. The van der Waals surface area contributed by atoms with Gasteiger partial charge in [0.15, 0.2) is 17.5 Å². The van der Waals surface area contributed by atoms with Crippen LogP contribution in [0.1, 0.15) is 25.0 Å². The van der Waals surface area contributed by atoms with E-state index in [2.05, 4.69) is 29.5 Å². The summed E-state index contributed by atoms with van der Waals surface area (Å²) in [6.45, 7) is 5.99. The third-order valence-corrected chi connectivity index (χ3v) is 4.15. The normalized spacial score (nSPS) is 10.9. The number of hydrogen-bond acceptors (Lipinski definition) is 5. The van der Waals surface area contributed by atoms with Crippen molar-refractivity contribution in [2.24, 2.45) is 10.9 Å². The van der Waals surface area contributed by atoms with E-state index in [1.807, 2.05) is 18.2 Å². The van der Waals surface area contributed by atoms with Gasteiger partial charge in [0.05, 0.1) is 25.7 Å². The van der Waals surface area contributed by atoms with Crippen LogP contribution in [-0.2, 0) is 13.1 Å². The van der Waals surface area contributed by atoms with Crippen molar-refractivity contribution < 1.29 is 14.4 Å². The minimum absolute atomic E-state index is 0. The van der Waals surface area contributed by atoms with Gasteiger partial charge in [-0.1, -0.05) is 32.0 Å². The van der Waals surface area contributed by atoms with Gasteiger partial charge in [-0.2, -0.15) is 0 Å². The highest BCUT2D eigenvalue weighted by molar-refractivity contribution is 14.0. The molecule has 2 N–H and O–H groups in total. The lowest BCUT2D eigenvalue weighted by atomic mass is 10.2. The summed E-state index contributed by atoms with van der Waals surface area (Å²) in [4.78, 5) is 15.0. The minimum Gasteiger partial charge on any atom is -0.493 e. The number of halogens is 1. The van der Waals surface area contributed by atoms with E-state index in [-0.39, 0.29) is 29.7 Å². The molecule has 2 aromatic carbocycles. The Hall–Kier alpha value is -2.56. The Labute approximate surface area is 194 Å². The number of rotatable bonds is 9. The number of nitrogens with one attached hydrogen (secondary N) is 2. The van der Waals surface area contributed by atoms with Gasteiger partial charge in [-0.05, 0) is 29.2 Å². The fraction of sp³-hybridized carbons (Fsp3) is 0.381. The molecule has 0 fully saturated rings. The summed E-state index contributed by atoms with van der Waals surface area (Å²) in [5.41, 5.74) is 2.00. The number of hydrogen-bond donors (Lipinski definition) is 2. The molecule has 0 aliphatic carbocycles. The van der Waals surface area contributed by atoms with Gasteiger partial charge in [0.2, 0.25) is 0 Å². The van der Waals surface area contributed by atoms with Crippen LogP contribution in [0.5, 0.6) is 11.5 Å². The zero-order valence-electron chi connectivity index (χ0n) is 17.7. The molecule has 0 aliphatic heterocycles. The molecule has 2 rings (SSSR count). The van der Waals surface area contributed by atoms with Crippen molar-refractivity contribution in [2.45, 2.75) is 26.9 Å². The largest absolute Gasteiger partial charge is 0.493 e. The average molecular weight is 528 g/mol. The number of non-ortho nitro benzene ring substituents is 1. The Balaban J connectivity index is 0.00000450. The molecule has 0 unspecified atom stereocenters. The fourth-order valence-corrected chi connectivity index (χ4v) is 2.55. The molecule has 0 radical (unpaired) electrons. The molecule has 0 aliphatic rings. The van der Waals surface area contributed by atoms with Crippen molar-refractivity contribution in [3.8, 4) is 11.5 Å². The van der Waals surface area contributed by atoms with Crippen LogP contribution < -0.4 is 20.1 Å². The van der Waals surface area contributed by atoms with Crippen molar-refractivity contribution in [1.82, 2.24) is 10.6 Å². The van der Waals surface area contributed by atoms with Gasteiger partial charge >= 0.3 is 0 Å². The number of nitro benzene ring substituents is 1. The molecule has 0 bridgehead atoms. The van der Waals surface area contributed by atoms with E-state index in [4.69, 9.17) is 9.47 Å². The molecule has 0 aromatic heterocycles. The third-order valence-electron chi connectivity index (χ3n) is 4.15. The van der Waals surface area contributed by atoms with E-state index in [9.17, 15) is 10.1 Å². The van der Waals surface area contributed by atoms with E-state index >= 15 is 0 Å². The van der Waals surface area contributed by atoms with Gasteiger partial charge in [-0.25, -0.2) is 4.99 Å². The highest BCUT2D eigenvalue weighted by atomic mass is 127. The second-order valence-electron chi connectivity index (χ2n) is 6.91. The molecule has 2 aromatic rings. The monoisotopic (exact) mass is 528 g/mol. The SMILES string of the molecule is COc1ccc(CN=C(NCc2ccc([N+](=O)[O-])cc2)NCC(C)C)cc1OC.I. The molecular formula is C21H29IN4O4. The van der Waals surface area contributed by atoms with Gasteiger partial charge in [-0.3, -0.25) is 10.1 Å². The molecule has 0 saturated heterocycles. The first-order valence-electron chi connectivity index (χ1n) is 9.39. The number of aliphatic imine (C=N–C) groups is 1. The maximum atomic E-state index is 10.8. The molecule has 164 valence electrons. The molecule has 9 heteroatoms. The molecule has 0 heterocycles. The van der Waals surface area contributed by atoms with Crippen LogP contribution in [0.3, 0.4) is 0 Å². The van der Waals surface area contributed by atoms with E-state index in [1.54, 1.807) is 26.4 Å². The minimum atomic E-state index is -0.405. The number of benzene rings is 2. The van der Waals surface area contributed by atoms with Crippen LogP contribution in [0.15, 0.2) is 47.5 Å². The predicted molar refractivity (Wildman–Crippen MR) is 129 cm³/mol. The van der Waals surface area contributed by atoms with Crippen LogP contribution in [0.4, 0.5) is 5.69 Å². The molecule has 0 amide bonds. The van der Waals surface area contributed by atoms with Crippen molar-refractivity contribution in [3.63, 3.8) is 0 Å². The number of guanidine groups is 1. The molecular weight excluding hydrogens is 499 g/mol. The molecule has 8 nitrogen and oxygen atoms in total. The zero-order valence-corrected chi connectivity index (χ0v) is 20.0. The molecule has 0 atom stereocenters. The van der Waals surface area contributed by atoms with E-state index < -0.39 is 4.92 Å². The van der Waals surface area contributed by atoms with E-state index in [0.29, 0.717) is 36.5 Å². The van der Waals surface area contributed by atoms with Crippen molar-refractivity contribution in [2.75, 3.05) is 20.8 Å². The van der Waals surface area contributed by atoms with Crippen LogP contribution in [0.25, 0.3) is 0 Å². The van der Waals surface area contributed by atoms with Gasteiger partial charge in [-0.15, -0.1) is 24.0 Å². The van der Waals surface area contributed by atoms with E-state index in [0.717, 1.165) is 17.7 Å². The summed E-state index contributed by atoms with van der Waals surface area (Å²) in [6.07, 6.45) is 0. The molecule has 30 heavy (non-hydrogen) atoms. The Morgan fingerprint density at radius 3 is 2.23 bits per heavy atom. The Kier molecular flexibility index (Phi) is 10.9. The maximum absolute atomic E-state index is 10.8. The first-order valence-corrected chi connectivity index (χ1v) is 9.39.